The third-order valence-electron chi connectivity index (χ3n) is 3.14. The van der Waals surface area contributed by atoms with Crippen molar-refractivity contribution in [2.45, 2.75) is 20.0 Å². The van der Waals surface area contributed by atoms with Gasteiger partial charge in [0.05, 0.1) is 18.0 Å². The normalized spacial score (nSPS) is 11.8. The molecule has 2 aromatic rings. The van der Waals surface area contributed by atoms with Crippen LogP contribution in [0.1, 0.15) is 17.6 Å². The van der Waals surface area contributed by atoms with Crippen molar-refractivity contribution in [3.63, 3.8) is 0 Å². The highest BCUT2D eigenvalue weighted by Crippen LogP contribution is 2.18. The monoisotopic (exact) mass is 368 g/mol. The van der Waals surface area contributed by atoms with Gasteiger partial charge in [0.15, 0.2) is 0 Å². The average Bonchev–Trinajstić information content (AvgIpc) is 2.99. The largest absolute Gasteiger partial charge is 0.486 e. The first-order valence-electron chi connectivity index (χ1n) is 7.25. The smallest absolute Gasteiger partial charge is 0.308 e. The Bertz CT molecular complexity index is 702. The predicted octanol–water partition coefficient (Wildman–Crippen LogP) is 2.75. The Labute approximate surface area is 148 Å². The van der Waals surface area contributed by atoms with Crippen LogP contribution in [0.2, 0.25) is 5.02 Å². The highest BCUT2D eigenvalue weighted by atomic mass is 35.5. The van der Waals surface area contributed by atoms with E-state index in [0.29, 0.717) is 23.1 Å². The van der Waals surface area contributed by atoms with Crippen molar-refractivity contribution < 1.29 is 19.4 Å². The van der Waals surface area contributed by atoms with Crippen LogP contribution in [0.4, 0.5) is 0 Å². The number of hydrogen-bond donors (Lipinski definition) is 2. The number of carbonyl (C=O) groups is 2. The fourth-order valence-electron chi connectivity index (χ4n) is 1.75. The molecule has 8 heteroatoms. The van der Waals surface area contributed by atoms with Gasteiger partial charge >= 0.3 is 5.97 Å². The second kappa shape index (κ2) is 8.65. The first kappa shape index (κ1) is 18.2. The lowest BCUT2D eigenvalue weighted by atomic mass is 10.2. The molecule has 2 N–H and O–H groups in total. The topological polar surface area (TPSA) is 88.5 Å². The van der Waals surface area contributed by atoms with Crippen LogP contribution in [0.3, 0.4) is 0 Å². The summed E-state index contributed by atoms with van der Waals surface area (Å²) in [4.78, 5) is 26.8. The average molecular weight is 369 g/mol. The third kappa shape index (κ3) is 5.82. The summed E-state index contributed by atoms with van der Waals surface area (Å²) >= 11 is 7.21. The quantitative estimate of drug-likeness (QED) is 0.748. The van der Waals surface area contributed by atoms with Crippen LogP contribution in [0, 0.1) is 5.92 Å². The van der Waals surface area contributed by atoms with E-state index < -0.39 is 11.9 Å². The van der Waals surface area contributed by atoms with Crippen molar-refractivity contribution >= 4 is 34.8 Å². The fourth-order valence-corrected chi connectivity index (χ4v) is 2.58. The predicted molar refractivity (Wildman–Crippen MR) is 91.4 cm³/mol. The Morgan fingerprint density at radius 1 is 1.38 bits per heavy atom. The van der Waals surface area contributed by atoms with Gasteiger partial charge in [0.2, 0.25) is 5.91 Å². The fraction of sp³-hybridized carbons (Fsp3) is 0.312. The van der Waals surface area contributed by atoms with E-state index in [1.54, 1.807) is 29.6 Å². The standard InChI is InChI=1S/C16H17ClN2O4S/c1-10(16(21)22)7-18-14(20)6-12-9-24-15(19-12)8-23-13-4-2-11(17)3-5-13/h2-5,9-10H,6-8H2,1H3,(H,18,20)(H,21,22). The summed E-state index contributed by atoms with van der Waals surface area (Å²) in [5, 5.41) is 14.5. The number of aromatic nitrogens is 1. The number of thiazole rings is 1. The number of aliphatic carboxylic acids is 1. The first-order valence-corrected chi connectivity index (χ1v) is 8.51. The molecule has 0 aliphatic heterocycles. The maximum absolute atomic E-state index is 11.8. The summed E-state index contributed by atoms with van der Waals surface area (Å²) in [5.74, 6) is -1.12. The lowest BCUT2D eigenvalue weighted by molar-refractivity contribution is -0.141. The Hall–Kier alpha value is -2.12. The van der Waals surface area contributed by atoms with Crippen molar-refractivity contribution in [3.8, 4) is 5.75 Å². The van der Waals surface area contributed by atoms with E-state index in [0.717, 1.165) is 5.01 Å². The molecule has 24 heavy (non-hydrogen) atoms. The minimum absolute atomic E-state index is 0.102. The molecule has 0 radical (unpaired) electrons. The van der Waals surface area contributed by atoms with Gasteiger partial charge in [0, 0.05) is 16.9 Å². The number of carbonyl (C=O) groups excluding carboxylic acids is 1. The number of carboxylic acid groups (broad SMARTS) is 1. The van der Waals surface area contributed by atoms with E-state index in [1.807, 2.05) is 0 Å². The molecule has 2 rings (SSSR count). The van der Waals surface area contributed by atoms with Gasteiger partial charge in [0.1, 0.15) is 17.4 Å². The van der Waals surface area contributed by atoms with Crippen molar-refractivity contribution in [1.82, 2.24) is 10.3 Å². The Balaban J connectivity index is 1.79. The molecule has 1 unspecified atom stereocenters. The van der Waals surface area contributed by atoms with Crippen LogP contribution in [-0.4, -0.2) is 28.5 Å². The zero-order valence-electron chi connectivity index (χ0n) is 13.0. The molecule has 1 aromatic heterocycles. The van der Waals surface area contributed by atoms with Crippen LogP contribution in [0.25, 0.3) is 0 Å². The zero-order valence-corrected chi connectivity index (χ0v) is 14.6. The van der Waals surface area contributed by atoms with Crippen LogP contribution >= 0.6 is 22.9 Å². The summed E-state index contributed by atoms with van der Waals surface area (Å²) in [7, 11) is 0. The number of nitrogens with one attached hydrogen (secondary N) is 1. The van der Waals surface area contributed by atoms with Crippen LogP contribution in [0.15, 0.2) is 29.6 Å². The van der Waals surface area contributed by atoms with Gasteiger partial charge in [-0.1, -0.05) is 18.5 Å². The summed E-state index contributed by atoms with van der Waals surface area (Å²) in [6, 6.07) is 7.03. The van der Waals surface area contributed by atoms with E-state index in [4.69, 9.17) is 21.4 Å². The molecule has 0 fully saturated rings. The summed E-state index contributed by atoms with van der Waals surface area (Å²) in [5.41, 5.74) is 0.634. The molecule has 6 nitrogen and oxygen atoms in total. The maximum atomic E-state index is 11.8. The number of rotatable bonds is 8. The number of carboxylic acids is 1. The Kier molecular flexibility index (Phi) is 6.57. The molecule has 128 valence electrons. The first-order chi connectivity index (χ1) is 11.4. The molecular formula is C16H17ClN2O4S. The molecule has 1 amide bonds. The SMILES string of the molecule is CC(CNC(=O)Cc1csc(COc2ccc(Cl)cc2)n1)C(=O)O. The third-order valence-corrected chi connectivity index (χ3v) is 4.27. The van der Waals surface area contributed by atoms with E-state index in [1.165, 1.54) is 18.3 Å². The van der Waals surface area contributed by atoms with E-state index in [2.05, 4.69) is 10.3 Å². The second-order valence-electron chi connectivity index (χ2n) is 5.20. The lowest BCUT2D eigenvalue weighted by Crippen LogP contribution is -2.32. The zero-order chi connectivity index (χ0) is 17.5. The van der Waals surface area contributed by atoms with E-state index in [-0.39, 0.29) is 18.9 Å². The maximum Gasteiger partial charge on any atom is 0.308 e. The molecule has 1 aromatic carbocycles. The number of nitrogens with zero attached hydrogens (tertiary/aromatic N) is 1. The van der Waals surface area contributed by atoms with Gasteiger partial charge in [-0.2, -0.15) is 0 Å². The van der Waals surface area contributed by atoms with Gasteiger partial charge in [-0.3, -0.25) is 9.59 Å². The number of benzene rings is 1. The van der Waals surface area contributed by atoms with Crippen molar-refractivity contribution in [1.29, 1.82) is 0 Å². The minimum atomic E-state index is -0.939. The van der Waals surface area contributed by atoms with Gasteiger partial charge in [-0.15, -0.1) is 11.3 Å². The number of amides is 1. The Morgan fingerprint density at radius 2 is 2.08 bits per heavy atom. The number of ether oxygens (including phenoxy) is 1. The molecule has 0 spiro atoms. The molecule has 1 heterocycles. The van der Waals surface area contributed by atoms with Gasteiger partial charge in [0.25, 0.3) is 0 Å². The lowest BCUT2D eigenvalue weighted by Gasteiger charge is -2.07. The molecule has 1 atom stereocenters. The van der Waals surface area contributed by atoms with E-state index >= 15 is 0 Å². The summed E-state index contributed by atoms with van der Waals surface area (Å²) in [6.45, 7) is 1.95. The van der Waals surface area contributed by atoms with Crippen LogP contribution in [0.5, 0.6) is 5.75 Å². The highest BCUT2D eigenvalue weighted by Gasteiger charge is 2.13. The molecule has 0 saturated heterocycles. The summed E-state index contributed by atoms with van der Waals surface area (Å²) in [6.07, 6.45) is 0.115. The van der Waals surface area contributed by atoms with Crippen LogP contribution in [-0.2, 0) is 22.6 Å². The minimum Gasteiger partial charge on any atom is -0.486 e. The molecular weight excluding hydrogens is 352 g/mol. The second-order valence-corrected chi connectivity index (χ2v) is 6.57. The summed E-state index contributed by atoms with van der Waals surface area (Å²) < 4.78 is 5.59. The van der Waals surface area contributed by atoms with Gasteiger partial charge in [-0.25, -0.2) is 4.98 Å². The van der Waals surface area contributed by atoms with Gasteiger partial charge in [-0.05, 0) is 24.3 Å². The van der Waals surface area contributed by atoms with Crippen LogP contribution < -0.4 is 10.1 Å². The van der Waals surface area contributed by atoms with Crippen molar-refractivity contribution in [2.24, 2.45) is 5.92 Å². The van der Waals surface area contributed by atoms with Gasteiger partial charge < -0.3 is 15.2 Å². The van der Waals surface area contributed by atoms with Crippen molar-refractivity contribution in [2.75, 3.05) is 6.54 Å². The molecule has 0 aliphatic carbocycles. The molecule has 0 bridgehead atoms. The number of hydrogen-bond acceptors (Lipinski definition) is 5. The molecule has 0 saturated carbocycles. The van der Waals surface area contributed by atoms with E-state index in [9.17, 15) is 9.59 Å². The highest BCUT2D eigenvalue weighted by molar-refractivity contribution is 7.09. The molecule has 0 aliphatic rings. The number of halogens is 1. The van der Waals surface area contributed by atoms with Crippen molar-refractivity contribution in [3.05, 3.63) is 45.4 Å². The Morgan fingerprint density at radius 3 is 2.75 bits per heavy atom.